The van der Waals surface area contributed by atoms with E-state index in [4.69, 9.17) is 0 Å². The van der Waals surface area contributed by atoms with Crippen LogP contribution in [-0.4, -0.2) is 19.2 Å². The van der Waals surface area contributed by atoms with E-state index in [0.717, 1.165) is 24.1 Å². The van der Waals surface area contributed by atoms with Crippen LogP contribution in [0.3, 0.4) is 0 Å². The molecular formula is C19H26N2O. The van der Waals surface area contributed by atoms with E-state index in [1.165, 1.54) is 11.3 Å². The summed E-state index contributed by atoms with van der Waals surface area (Å²) >= 11 is 0. The predicted octanol–water partition coefficient (Wildman–Crippen LogP) is 3.49. The van der Waals surface area contributed by atoms with Crippen LogP contribution >= 0.6 is 0 Å². The van der Waals surface area contributed by atoms with Gasteiger partial charge in [0.25, 0.3) is 0 Å². The van der Waals surface area contributed by atoms with E-state index >= 15 is 0 Å². The van der Waals surface area contributed by atoms with Crippen LogP contribution in [0.4, 0.5) is 5.69 Å². The van der Waals surface area contributed by atoms with Gasteiger partial charge in [0, 0.05) is 32.4 Å². The third kappa shape index (κ3) is 4.09. The van der Waals surface area contributed by atoms with Crippen molar-refractivity contribution >= 4 is 5.69 Å². The maximum Gasteiger partial charge on any atom is 0.0685 e. The van der Waals surface area contributed by atoms with Crippen LogP contribution in [0.1, 0.15) is 36.1 Å². The minimum atomic E-state index is 0.0895. The Bertz CT molecular complexity index is 578. The van der Waals surface area contributed by atoms with Gasteiger partial charge in [-0.25, -0.2) is 0 Å². The average molecular weight is 298 g/mol. The van der Waals surface area contributed by atoms with Crippen molar-refractivity contribution in [1.29, 1.82) is 0 Å². The molecule has 2 N–H and O–H groups in total. The van der Waals surface area contributed by atoms with Crippen LogP contribution in [0.15, 0.2) is 48.5 Å². The first kappa shape index (κ1) is 16.5. The van der Waals surface area contributed by atoms with Crippen molar-refractivity contribution < 1.29 is 5.11 Å². The second-order valence-electron chi connectivity index (χ2n) is 5.75. The Balaban J connectivity index is 2.05. The van der Waals surface area contributed by atoms with E-state index in [0.29, 0.717) is 6.04 Å². The molecule has 0 saturated carbocycles. The molecule has 22 heavy (non-hydrogen) atoms. The molecule has 0 heterocycles. The Morgan fingerprint density at radius 2 is 1.64 bits per heavy atom. The average Bonchev–Trinajstić information content (AvgIpc) is 2.56. The molecule has 0 saturated heterocycles. The molecule has 0 radical (unpaired) electrons. The third-order valence-electron chi connectivity index (χ3n) is 4.05. The fourth-order valence-corrected chi connectivity index (χ4v) is 2.62. The highest BCUT2D eigenvalue weighted by Crippen LogP contribution is 2.21. The molecule has 0 aliphatic carbocycles. The van der Waals surface area contributed by atoms with Crippen molar-refractivity contribution in [2.45, 2.75) is 32.5 Å². The van der Waals surface area contributed by atoms with Crippen LogP contribution in [0.25, 0.3) is 0 Å². The number of hydrogen-bond acceptors (Lipinski definition) is 3. The number of nitrogens with zero attached hydrogens (tertiary/aromatic N) is 1. The van der Waals surface area contributed by atoms with Gasteiger partial charge in [0.1, 0.15) is 0 Å². The summed E-state index contributed by atoms with van der Waals surface area (Å²) in [6.07, 6.45) is 1.03. The summed E-state index contributed by atoms with van der Waals surface area (Å²) in [5.41, 5.74) is 4.67. The number of aliphatic hydroxyl groups excluding tert-OH is 1. The van der Waals surface area contributed by atoms with Crippen molar-refractivity contribution in [1.82, 2.24) is 5.32 Å². The lowest BCUT2D eigenvalue weighted by Crippen LogP contribution is -2.21. The van der Waals surface area contributed by atoms with Crippen molar-refractivity contribution in [3.8, 4) is 0 Å². The molecular weight excluding hydrogens is 272 g/mol. The summed E-state index contributed by atoms with van der Waals surface area (Å²) in [6.45, 7) is 3.05. The number of anilines is 1. The quantitative estimate of drug-likeness (QED) is 0.821. The van der Waals surface area contributed by atoms with Gasteiger partial charge in [-0.3, -0.25) is 0 Å². The van der Waals surface area contributed by atoms with Crippen LogP contribution in [0, 0.1) is 0 Å². The molecule has 1 unspecified atom stereocenters. The lowest BCUT2D eigenvalue weighted by Gasteiger charge is -2.20. The minimum absolute atomic E-state index is 0.0895. The predicted molar refractivity (Wildman–Crippen MR) is 93.0 cm³/mol. The maximum absolute atomic E-state index is 9.41. The van der Waals surface area contributed by atoms with Crippen LogP contribution < -0.4 is 10.2 Å². The fourth-order valence-electron chi connectivity index (χ4n) is 2.62. The van der Waals surface area contributed by atoms with Crippen molar-refractivity contribution in [2.24, 2.45) is 0 Å². The van der Waals surface area contributed by atoms with E-state index in [9.17, 15) is 5.11 Å². The summed E-state index contributed by atoms with van der Waals surface area (Å²) in [5.74, 6) is 0. The third-order valence-corrected chi connectivity index (χ3v) is 4.05. The summed E-state index contributed by atoms with van der Waals surface area (Å²) in [6, 6.07) is 17.0. The Morgan fingerprint density at radius 1 is 1.00 bits per heavy atom. The molecule has 2 rings (SSSR count). The number of hydrogen-bond donors (Lipinski definition) is 2. The normalized spacial score (nSPS) is 12.2. The molecule has 0 aliphatic heterocycles. The van der Waals surface area contributed by atoms with Crippen LogP contribution in [0.2, 0.25) is 0 Å². The second-order valence-corrected chi connectivity index (χ2v) is 5.75. The summed E-state index contributed by atoms with van der Waals surface area (Å²) < 4.78 is 0. The zero-order chi connectivity index (χ0) is 15.9. The van der Waals surface area contributed by atoms with Gasteiger partial charge in [0.15, 0.2) is 0 Å². The van der Waals surface area contributed by atoms with Crippen molar-refractivity contribution in [2.75, 3.05) is 19.0 Å². The van der Waals surface area contributed by atoms with Gasteiger partial charge in [-0.05, 0) is 35.2 Å². The highest BCUT2D eigenvalue weighted by molar-refractivity contribution is 5.46. The topological polar surface area (TPSA) is 35.5 Å². The molecule has 0 bridgehead atoms. The lowest BCUT2D eigenvalue weighted by atomic mass is 10.0. The summed E-state index contributed by atoms with van der Waals surface area (Å²) in [5, 5.41) is 13.0. The Hall–Kier alpha value is -1.84. The van der Waals surface area contributed by atoms with Gasteiger partial charge in [-0.15, -0.1) is 0 Å². The molecule has 0 spiro atoms. The standard InChI is InChI=1S/C19H26N2O/c1-4-19(15-9-11-18(12-10-15)21(2)3)20-13-16-7-5-6-8-17(16)14-22/h5-12,19-20,22H,4,13-14H2,1-3H3. The Kier molecular flexibility index (Phi) is 5.99. The maximum atomic E-state index is 9.41. The largest absolute Gasteiger partial charge is 0.392 e. The second kappa shape index (κ2) is 7.97. The first-order chi connectivity index (χ1) is 10.7. The number of nitrogens with one attached hydrogen (secondary N) is 1. The van der Waals surface area contributed by atoms with Gasteiger partial charge in [0.2, 0.25) is 0 Å². The summed E-state index contributed by atoms with van der Waals surface area (Å²) in [7, 11) is 4.10. The van der Waals surface area contributed by atoms with E-state index in [1.54, 1.807) is 0 Å². The molecule has 0 aliphatic rings. The van der Waals surface area contributed by atoms with E-state index in [2.05, 4.69) is 61.6 Å². The fraction of sp³-hybridized carbons (Fsp3) is 0.368. The van der Waals surface area contributed by atoms with E-state index < -0.39 is 0 Å². The molecule has 0 amide bonds. The SMILES string of the molecule is CCC(NCc1ccccc1CO)c1ccc(N(C)C)cc1. The summed E-state index contributed by atoms with van der Waals surface area (Å²) in [4.78, 5) is 2.11. The smallest absolute Gasteiger partial charge is 0.0685 e. The van der Waals surface area contributed by atoms with Gasteiger partial charge in [-0.1, -0.05) is 43.3 Å². The Labute approximate surface area is 133 Å². The zero-order valence-electron chi connectivity index (χ0n) is 13.7. The monoisotopic (exact) mass is 298 g/mol. The highest BCUT2D eigenvalue weighted by Gasteiger charge is 2.10. The molecule has 118 valence electrons. The van der Waals surface area contributed by atoms with Crippen LogP contribution in [-0.2, 0) is 13.2 Å². The van der Waals surface area contributed by atoms with Gasteiger partial charge in [0.05, 0.1) is 6.61 Å². The van der Waals surface area contributed by atoms with Gasteiger partial charge < -0.3 is 15.3 Å². The van der Waals surface area contributed by atoms with Crippen molar-refractivity contribution in [3.63, 3.8) is 0 Å². The van der Waals surface area contributed by atoms with Crippen molar-refractivity contribution in [3.05, 3.63) is 65.2 Å². The molecule has 3 heteroatoms. The van der Waals surface area contributed by atoms with E-state index in [1.807, 2.05) is 18.2 Å². The first-order valence-corrected chi connectivity index (χ1v) is 7.84. The molecule has 2 aromatic carbocycles. The molecule has 3 nitrogen and oxygen atoms in total. The van der Waals surface area contributed by atoms with Crippen LogP contribution in [0.5, 0.6) is 0 Å². The lowest BCUT2D eigenvalue weighted by molar-refractivity contribution is 0.280. The zero-order valence-corrected chi connectivity index (χ0v) is 13.7. The van der Waals surface area contributed by atoms with Gasteiger partial charge in [-0.2, -0.15) is 0 Å². The molecule has 2 aromatic rings. The van der Waals surface area contributed by atoms with Gasteiger partial charge >= 0.3 is 0 Å². The highest BCUT2D eigenvalue weighted by atomic mass is 16.3. The first-order valence-electron chi connectivity index (χ1n) is 7.84. The number of rotatable bonds is 7. The molecule has 1 atom stereocenters. The van der Waals surface area contributed by atoms with E-state index in [-0.39, 0.29) is 6.61 Å². The molecule has 0 aromatic heterocycles. The minimum Gasteiger partial charge on any atom is -0.392 e. The molecule has 0 fully saturated rings. The Morgan fingerprint density at radius 3 is 2.18 bits per heavy atom. The number of aliphatic hydroxyl groups is 1. The number of benzene rings is 2.